The van der Waals surface area contributed by atoms with Gasteiger partial charge in [-0.2, -0.15) is 0 Å². The second kappa shape index (κ2) is 6.95. The van der Waals surface area contributed by atoms with Crippen LogP contribution in [0.5, 0.6) is 0 Å². The van der Waals surface area contributed by atoms with Crippen molar-refractivity contribution < 1.29 is 14.7 Å². The first-order valence-corrected chi connectivity index (χ1v) is 6.69. The number of amides is 1. The van der Waals surface area contributed by atoms with Crippen molar-refractivity contribution in [1.82, 2.24) is 20.2 Å². The Morgan fingerprint density at radius 2 is 2.05 bits per heavy atom. The minimum Gasteiger partial charge on any atom is -0.478 e. The van der Waals surface area contributed by atoms with Crippen LogP contribution in [0.1, 0.15) is 35.3 Å². The molecule has 1 aliphatic rings. The zero-order valence-corrected chi connectivity index (χ0v) is 11.2. The van der Waals surface area contributed by atoms with Crippen LogP contribution in [0.25, 0.3) is 0 Å². The fraction of sp³-hybridized carbons (Fsp3) is 0.538. The van der Waals surface area contributed by atoms with E-state index in [1.54, 1.807) is 0 Å². The molecule has 1 fully saturated rings. The number of carboxylic acids is 1. The maximum Gasteiger partial charge on any atom is 0.339 e. The Balaban J connectivity index is 1.83. The number of carboxylic acid groups (broad SMARTS) is 1. The summed E-state index contributed by atoms with van der Waals surface area (Å²) < 4.78 is 0. The number of rotatable bonds is 5. The summed E-state index contributed by atoms with van der Waals surface area (Å²) >= 11 is 0. The molecule has 0 spiro atoms. The third-order valence-electron chi connectivity index (χ3n) is 3.30. The van der Waals surface area contributed by atoms with Gasteiger partial charge in [-0.1, -0.05) is 0 Å². The molecule has 1 aromatic heterocycles. The SMILES string of the molecule is O=C(O)c1cncnc1CNCC(=O)N1CCCCC1. The maximum atomic E-state index is 11.9. The van der Waals surface area contributed by atoms with Crippen LogP contribution >= 0.6 is 0 Å². The van der Waals surface area contributed by atoms with E-state index >= 15 is 0 Å². The number of likely N-dealkylation sites (tertiary alicyclic amines) is 1. The van der Waals surface area contributed by atoms with Crippen LogP contribution in [0, 0.1) is 0 Å². The summed E-state index contributed by atoms with van der Waals surface area (Å²) in [6.07, 6.45) is 5.86. The number of hydrogen-bond acceptors (Lipinski definition) is 5. The lowest BCUT2D eigenvalue weighted by Crippen LogP contribution is -2.41. The van der Waals surface area contributed by atoms with Crippen LogP contribution in [-0.4, -0.2) is 51.5 Å². The Hall–Kier alpha value is -2.02. The van der Waals surface area contributed by atoms with E-state index in [4.69, 9.17) is 5.11 Å². The summed E-state index contributed by atoms with van der Waals surface area (Å²) in [5, 5.41) is 11.9. The van der Waals surface area contributed by atoms with E-state index in [-0.39, 0.29) is 24.6 Å². The molecule has 1 saturated heterocycles. The lowest BCUT2D eigenvalue weighted by Gasteiger charge is -2.26. The van der Waals surface area contributed by atoms with Gasteiger partial charge in [0, 0.05) is 25.8 Å². The molecular weight excluding hydrogens is 260 g/mol. The van der Waals surface area contributed by atoms with Crippen LogP contribution in [0.4, 0.5) is 0 Å². The standard InChI is InChI=1S/C13H18N4O3/c18-12(17-4-2-1-3-5-17)8-14-7-11-10(13(19)20)6-15-9-16-11/h6,9,14H,1-5,7-8H2,(H,19,20). The highest BCUT2D eigenvalue weighted by atomic mass is 16.4. The van der Waals surface area contributed by atoms with Crippen LogP contribution in [-0.2, 0) is 11.3 Å². The number of nitrogens with zero attached hydrogens (tertiary/aromatic N) is 3. The highest BCUT2D eigenvalue weighted by molar-refractivity contribution is 5.88. The molecule has 0 bridgehead atoms. The second-order valence-electron chi connectivity index (χ2n) is 4.73. The molecule has 2 rings (SSSR count). The van der Waals surface area contributed by atoms with E-state index in [0.29, 0.717) is 5.69 Å². The second-order valence-corrected chi connectivity index (χ2v) is 4.73. The molecule has 1 amide bonds. The molecule has 108 valence electrons. The Kier molecular flexibility index (Phi) is 5.00. The van der Waals surface area contributed by atoms with Gasteiger partial charge in [-0.15, -0.1) is 0 Å². The van der Waals surface area contributed by atoms with E-state index in [2.05, 4.69) is 15.3 Å². The van der Waals surface area contributed by atoms with Gasteiger partial charge in [-0.25, -0.2) is 14.8 Å². The fourth-order valence-corrected chi connectivity index (χ4v) is 2.22. The minimum absolute atomic E-state index is 0.0515. The summed E-state index contributed by atoms with van der Waals surface area (Å²) in [6.45, 7) is 2.07. The van der Waals surface area contributed by atoms with Gasteiger partial charge in [-0.05, 0) is 19.3 Å². The van der Waals surface area contributed by atoms with Crippen LogP contribution < -0.4 is 5.32 Å². The average Bonchev–Trinajstić information content (AvgIpc) is 2.48. The van der Waals surface area contributed by atoms with Gasteiger partial charge >= 0.3 is 5.97 Å². The molecule has 0 unspecified atom stereocenters. The number of carbonyl (C=O) groups is 2. The number of aromatic nitrogens is 2. The van der Waals surface area contributed by atoms with Crippen molar-refractivity contribution in [3.8, 4) is 0 Å². The predicted molar refractivity (Wildman–Crippen MR) is 71.1 cm³/mol. The molecule has 0 aliphatic carbocycles. The lowest BCUT2D eigenvalue weighted by molar-refractivity contribution is -0.131. The van der Waals surface area contributed by atoms with E-state index < -0.39 is 5.97 Å². The molecular formula is C13H18N4O3. The van der Waals surface area contributed by atoms with Crippen LogP contribution in [0.15, 0.2) is 12.5 Å². The zero-order chi connectivity index (χ0) is 14.4. The largest absolute Gasteiger partial charge is 0.478 e. The normalized spacial score (nSPS) is 15.1. The smallest absolute Gasteiger partial charge is 0.339 e. The fourth-order valence-electron chi connectivity index (χ4n) is 2.22. The highest BCUT2D eigenvalue weighted by Crippen LogP contribution is 2.08. The number of nitrogens with one attached hydrogen (secondary N) is 1. The van der Waals surface area contributed by atoms with Gasteiger partial charge in [0.2, 0.25) is 5.91 Å². The van der Waals surface area contributed by atoms with Gasteiger partial charge in [-0.3, -0.25) is 4.79 Å². The number of carbonyl (C=O) groups excluding carboxylic acids is 1. The molecule has 1 aliphatic heterocycles. The van der Waals surface area contributed by atoms with Crippen molar-refractivity contribution in [3.63, 3.8) is 0 Å². The summed E-state index contributed by atoms with van der Waals surface area (Å²) in [7, 11) is 0. The average molecular weight is 278 g/mol. The lowest BCUT2D eigenvalue weighted by atomic mass is 10.1. The third-order valence-corrected chi connectivity index (χ3v) is 3.30. The predicted octanol–water partition coefficient (Wildman–Crippen LogP) is 0.277. The van der Waals surface area contributed by atoms with Crippen molar-refractivity contribution in [2.24, 2.45) is 0 Å². The topological polar surface area (TPSA) is 95.4 Å². The van der Waals surface area contributed by atoms with Gasteiger partial charge in [0.1, 0.15) is 11.9 Å². The number of piperidine rings is 1. The van der Waals surface area contributed by atoms with E-state index in [1.807, 2.05) is 4.90 Å². The Labute approximate surface area is 117 Å². The van der Waals surface area contributed by atoms with Crippen molar-refractivity contribution in [3.05, 3.63) is 23.8 Å². The van der Waals surface area contributed by atoms with E-state index in [9.17, 15) is 9.59 Å². The van der Waals surface area contributed by atoms with E-state index in [1.165, 1.54) is 18.9 Å². The molecule has 0 atom stereocenters. The molecule has 2 heterocycles. The van der Waals surface area contributed by atoms with Crippen molar-refractivity contribution in [1.29, 1.82) is 0 Å². The first-order valence-electron chi connectivity index (χ1n) is 6.69. The molecule has 0 radical (unpaired) electrons. The summed E-state index contributed by atoms with van der Waals surface area (Å²) in [5.41, 5.74) is 0.448. The monoisotopic (exact) mass is 278 g/mol. The Morgan fingerprint density at radius 1 is 1.30 bits per heavy atom. The molecule has 0 aromatic carbocycles. The first kappa shape index (κ1) is 14.4. The summed E-state index contributed by atoms with van der Waals surface area (Å²) in [4.78, 5) is 32.4. The Morgan fingerprint density at radius 3 is 2.75 bits per heavy atom. The van der Waals surface area contributed by atoms with Crippen LogP contribution in [0.2, 0.25) is 0 Å². The van der Waals surface area contributed by atoms with Gasteiger partial charge < -0.3 is 15.3 Å². The highest BCUT2D eigenvalue weighted by Gasteiger charge is 2.16. The molecule has 20 heavy (non-hydrogen) atoms. The van der Waals surface area contributed by atoms with Crippen LogP contribution in [0.3, 0.4) is 0 Å². The molecule has 2 N–H and O–H groups in total. The van der Waals surface area contributed by atoms with Crippen molar-refractivity contribution in [2.75, 3.05) is 19.6 Å². The molecule has 1 aromatic rings. The first-order chi connectivity index (χ1) is 9.68. The molecule has 7 nitrogen and oxygen atoms in total. The maximum absolute atomic E-state index is 11.9. The summed E-state index contributed by atoms with van der Waals surface area (Å²) in [6, 6.07) is 0. The quantitative estimate of drug-likeness (QED) is 0.803. The van der Waals surface area contributed by atoms with Gasteiger partial charge in [0.05, 0.1) is 12.2 Å². The number of aromatic carboxylic acids is 1. The number of hydrogen-bond donors (Lipinski definition) is 2. The van der Waals surface area contributed by atoms with Crippen molar-refractivity contribution >= 4 is 11.9 Å². The molecule has 7 heteroatoms. The Bertz CT molecular complexity index is 486. The molecule has 0 saturated carbocycles. The van der Waals surface area contributed by atoms with Gasteiger partial charge in [0.15, 0.2) is 0 Å². The van der Waals surface area contributed by atoms with E-state index in [0.717, 1.165) is 25.9 Å². The minimum atomic E-state index is -1.07. The third kappa shape index (κ3) is 3.74. The summed E-state index contributed by atoms with van der Waals surface area (Å²) in [5.74, 6) is -1.01. The van der Waals surface area contributed by atoms with Crippen molar-refractivity contribution in [2.45, 2.75) is 25.8 Å². The van der Waals surface area contributed by atoms with Gasteiger partial charge in [0.25, 0.3) is 0 Å². The zero-order valence-electron chi connectivity index (χ0n) is 11.2.